The molecule has 0 aliphatic carbocycles. The molecule has 1 aromatic rings. The summed E-state index contributed by atoms with van der Waals surface area (Å²) in [6, 6.07) is 4.42. The number of aryl methyl sites for hydroxylation is 3. The third-order valence-electron chi connectivity index (χ3n) is 2.94. The SMILES string of the molecule is CCc1cc(CC)c(CO[C]=O)c(CC)c1. The molecule has 0 N–H and O–H groups in total. The van der Waals surface area contributed by atoms with E-state index in [1.807, 2.05) is 0 Å². The first-order chi connectivity index (χ1) is 7.76. The molecule has 0 atom stereocenters. The zero-order valence-corrected chi connectivity index (χ0v) is 10.3. The van der Waals surface area contributed by atoms with Crippen molar-refractivity contribution in [1.29, 1.82) is 0 Å². The van der Waals surface area contributed by atoms with E-state index in [0.717, 1.165) is 24.8 Å². The van der Waals surface area contributed by atoms with Gasteiger partial charge in [0.05, 0.1) is 0 Å². The molecule has 0 amide bonds. The Morgan fingerprint density at radius 2 is 1.62 bits per heavy atom. The molecular formula is C14H19O2. The van der Waals surface area contributed by atoms with E-state index in [4.69, 9.17) is 4.74 Å². The van der Waals surface area contributed by atoms with Crippen LogP contribution in [0.15, 0.2) is 12.1 Å². The molecule has 0 unspecified atom stereocenters. The molecule has 0 spiro atoms. The van der Waals surface area contributed by atoms with E-state index in [0.29, 0.717) is 6.61 Å². The topological polar surface area (TPSA) is 26.3 Å². The second-order valence-electron chi connectivity index (χ2n) is 3.83. The van der Waals surface area contributed by atoms with Crippen LogP contribution in [0.25, 0.3) is 0 Å². The van der Waals surface area contributed by atoms with E-state index < -0.39 is 0 Å². The van der Waals surface area contributed by atoms with Crippen LogP contribution in [0.5, 0.6) is 0 Å². The molecular weight excluding hydrogens is 200 g/mol. The third-order valence-corrected chi connectivity index (χ3v) is 2.94. The van der Waals surface area contributed by atoms with E-state index in [2.05, 4.69) is 32.9 Å². The molecule has 0 bridgehead atoms. The van der Waals surface area contributed by atoms with Gasteiger partial charge in [-0.15, -0.1) is 0 Å². The van der Waals surface area contributed by atoms with Crippen molar-refractivity contribution < 1.29 is 9.53 Å². The van der Waals surface area contributed by atoms with Crippen molar-refractivity contribution in [2.24, 2.45) is 0 Å². The number of benzene rings is 1. The molecule has 0 aromatic heterocycles. The predicted octanol–water partition coefficient (Wildman–Crippen LogP) is 2.96. The maximum Gasteiger partial charge on any atom is 0.417 e. The van der Waals surface area contributed by atoms with Crippen LogP contribution in [-0.4, -0.2) is 6.47 Å². The number of ether oxygens (including phenoxy) is 1. The number of carbonyl (C=O) groups excluding carboxylic acids is 1. The first kappa shape index (κ1) is 12.8. The molecule has 87 valence electrons. The molecule has 1 rings (SSSR count). The van der Waals surface area contributed by atoms with Crippen molar-refractivity contribution >= 4 is 6.47 Å². The van der Waals surface area contributed by atoms with E-state index >= 15 is 0 Å². The van der Waals surface area contributed by atoms with Crippen molar-refractivity contribution in [2.45, 2.75) is 46.6 Å². The summed E-state index contributed by atoms with van der Waals surface area (Å²) in [4.78, 5) is 10.2. The molecule has 0 saturated heterocycles. The fraction of sp³-hybridized carbons (Fsp3) is 0.500. The van der Waals surface area contributed by atoms with Gasteiger partial charge in [0.2, 0.25) is 0 Å². The highest BCUT2D eigenvalue weighted by atomic mass is 16.5. The molecule has 0 aliphatic rings. The van der Waals surface area contributed by atoms with Gasteiger partial charge in [-0.3, -0.25) is 0 Å². The summed E-state index contributed by atoms with van der Waals surface area (Å²) in [5.74, 6) is 0. The van der Waals surface area contributed by atoms with Crippen molar-refractivity contribution in [3.63, 3.8) is 0 Å². The van der Waals surface area contributed by atoms with Crippen LogP contribution in [0, 0.1) is 0 Å². The Balaban J connectivity index is 3.14. The zero-order valence-electron chi connectivity index (χ0n) is 10.3. The lowest BCUT2D eigenvalue weighted by Gasteiger charge is -2.14. The molecule has 2 heteroatoms. The molecule has 1 radical (unpaired) electrons. The lowest BCUT2D eigenvalue weighted by molar-refractivity contribution is 0.265. The smallest absolute Gasteiger partial charge is 0.417 e. The first-order valence-corrected chi connectivity index (χ1v) is 5.89. The second kappa shape index (κ2) is 6.31. The summed E-state index contributed by atoms with van der Waals surface area (Å²) < 4.78 is 4.77. The predicted molar refractivity (Wildman–Crippen MR) is 65.1 cm³/mol. The molecule has 0 heterocycles. The minimum Gasteiger partial charge on any atom is -0.452 e. The summed E-state index contributed by atoms with van der Waals surface area (Å²) in [5, 5.41) is 0. The van der Waals surface area contributed by atoms with Gasteiger partial charge in [0, 0.05) is 0 Å². The van der Waals surface area contributed by atoms with Gasteiger partial charge < -0.3 is 4.74 Å². The molecule has 1 aromatic carbocycles. The van der Waals surface area contributed by atoms with Crippen molar-refractivity contribution in [3.05, 3.63) is 34.4 Å². The third kappa shape index (κ3) is 2.84. The fourth-order valence-corrected chi connectivity index (χ4v) is 1.99. The molecule has 16 heavy (non-hydrogen) atoms. The Labute approximate surface area is 97.6 Å². The molecule has 0 aliphatic heterocycles. The average molecular weight is 219 g/mol. The van der Waals surface area contributed by atoms with Crippen LogP contribution < -0.4 is 0 Å². The van der Waals surface area contributed by atoms with Crippen molar-refractivity contribution in [3.8, 4) is 0 Å². The van der Waals surface area contributed by atoms with Crippen LogP contribution in [-0.2, 0) is 35.4 Å². The van der Waals surface area contributed by atoms with E-state index in [1.54, 1.807) is 0 Å². The highest BCUT2D eigenvalue weighted by molar-refractivity contribution is 5.42. The van der Waals surface area contributed by atoms with E-state index in [9.17, 15) is 4.79 Å². The number of hydrogen-bond acceptors (Lipinski definition) is 2. The summed E-state index contributed by atoms with van der Waals surface area (Å²) in [5.41, 5.74) is 5.08. The molecule has 2 nitrogen and oxygen atoms in total. The van der Waals surface area contributed by atoms with Crippen LogP contribution in [0.4, 0.5) is 0 Å². The van der Waals surface area contributed by atoms with Crippen molar-refractivity contribution in [1.82, 2.24) is 0 Å². The Morgan fingerprint density at radius 1 is 1.06 bits per heavy atom. The first-order valence-electron chi connectivity index (χ1n) is 5.89. The van der Waals surface area contributed by atoms with Gasteiger partial charge >= 0.3 is 6.47 Å². The van der Waals surface area contributed by atoms with E-state index in [-0.39, 0.29) is 0 Å². The van der Waals surface area contributed by atoms with Gasteiger partial charge in [-0.25, -0.2) is 4.79 Å². The van der Waals surface area contributed by atoms with Crippen LogP contribution in [0.3, 0.4) is 0 Å². The fourth-order valence-electron chi connectivity index (χ4n) is 1.99. The Hall–Kier alpha value is -1.31. The lowest BCUT2D eigenvalue weighted by Crippen LogP contribution is -2.03. The number of rotatable bonds is 6. The van der Waals surface area contributed by atoms with Gasteiger partial charge in [-0.2, -0.15) is 0 Å². The Morgan fingerprint density at radius 3 is 2.00 bits per heavy atom. The Bertz CT molecular complexity index is 331. The van der Waals surface area contributed by atoms with Crippen LogP contribution in [0.1, 0.15) is 43.0 Å². The quantitative estimate of drug-likeness (QED) is 0.735. The van der Waals surface area contributed by atoms with Crippen molar-refractivity contribution in [2.75, 3.05) is 0 Å². The van der Waals surface area contributed by atoms with Crippen LogP contribution in [0.2, 0.25) is 0 Å². The maximum atomic E-state index is 10.2. The highest BCUT2D eigenvalue weighted by Crippen LogP contribution is 2.20. The van der Waals surface area contributed by atoms with E-state index in [1.165, 1.54) is 23.2 Å². The van der Waals surface area contributed by atoms with Gasteiger partial charge in [0.15, 0.2) is 0 Å². The summed E-state index contributed by atoms with van der Waals surface area (Å²) in [7, 11) is 0. The summed E-state index contributed by atoms with van der Waals surface area (Å²) in [6.45, 7) is 8.26. The summed E-state index contributed by atoms with van der Waals surface area (Å²) in [6.07, 6.45) is 2.98. The zero-order chi connectivity index (χ0) is 12.0. The van der Waals surface area contributed by atoms with Gasteiger partial charge in [0.1, 0.15) is 6.61 Å². The van der Waals surface area contributed by atoms with Gasteiger partial charge in [-0.1, -0.05) is 32.9 Å². The molecule has 0 fully saturated rings. The largest absolute Gasteiger partial charge is 0.452 e. The maximum absolute atomic E-state index is 10.2. The summed E-state index contributed by atoms with van der Waals surface area (Å²) >= 11 is 0. The van der Waals surface area contributed by atoms with Gasteiger partial charge in [-0.05, 0) is 41.5 Å². The Kier molecular flexibility index (Phi) is 5.03. The minimum atomic E-state index is 0.347. The minimum absolute atomic E-state index is 0.347. The number of hydrogen-bond donors (Lipinski definition) is 0. The molecule has 0 saturated carbocycles. The lowest BCUT2D eigenvalue weighted by atomic mass is 9.94. The highest BCUT2D eigenvalue weighted by Gasteiger charge is 2.08. The standard InChI is InChI=1S/C14H19O2/c1-4-11-7-12(5-2)14(9-16-10-15)13(6-3)8-11/h7-8H,4-6,9H2,1-3H3. The normalized spacial score (nSPS) is 10.2. The monoisotopic (exact) mass is 219 g/mol. The average Bonchev–Trinajstić information content (AvgIpc) is 2.35. The second-order valence-corrected chi connectivity index (χ2v) is 3.83. The van der Waals surface area contributed by atoms with Crippen LogP contribution >= 0.6 is 0 Å². The van der Waals surface area contributed by atoms with Gasteiger partial charge in [0.25, 0.3) is 0 Å².